The van der Waals surface area contributed by atoms with Gasteiger partial charge in [0.05, 0.1) is 7.11 Å². The van der Waals surface area contributed by atoms with Gasteiger partial charge in [0.15, 0.2) is 0 Å². The summed E-state index contributed by atoms with van der Waals surface area (Å²) in [5.41, 5.74) is 1.43. The van der Waals surface area contributed by atoms with E-state index in [2.05, 4.69) is 10.6 Å². The fourth-order valence-electron chi connectivity index (χ4n) is 4.62. The Labute approximate surface area is 259 Å². The summed E-state index contributed by atoms with van der Waals surface area (Å²) in [5.74, 6) is -0.201. The Morgan fingerprint density at radius 3 is 2.18 bits per heavy atom. The van der Waals surface area contributed by atoms with Gasteiger partial charge in [-0.2, -0.15) is 0 Å². The van der Waals surface area contributed by atoms with Gasteiger partial charge in [0.2, 0.25) is 5.91 Å². The Hall–Kier alpha value is -4.73. The SMILES string of the molecule is CCCCN(C(=O)C(Cc1ccc(O)cc1)NC(=O)OC(C)(C)C)C(C(=O)Nc1ccc(OC)cc1)c1ccc(O)c(C)c1. The normalized spacial score (nSPS) is 12.5. The number of aryl methyl sites for hydroxylation is 1. The van der Waals surface area contributed by atoms with Crippen LogP contribution in [0.25, 0.3) is 0 Å². The van der Waals surface area contributed by atoms with E-state index in [1.807, 2.05) is 6.92 Å². The minimum atomic E-state index is -1.10. The fraction of sp³-hybridized carbons (Fsp3) is 0.382. The topological polar surface area (TPSA) is 137 Å². The van der Waals surface area contributed by atoms with Gasteiger partial charge in [-0.25, -0.2) is 4.79 Å². The van der Waals surface area contributed by atoms with Crippen molar-refractivity contribution in [2.75, 3.05) is 19.0 Å². The molecule has 0 aliphatic heterocycles. The maximum Gasteiger partial charge on any atom is 0.408 e. The highest BCUT2D eigenvalue weighted by Gasteiger charge is 2.36. The Morgan fingerprint density at radius 2 is 1.61 bits per heavy atom. The number of benzene rings is 3. The number of alkyl carbamates (subject to hydrolysis) is 1. The zero-order chi connectivity index (χ0) is 32.4. The largest absolute Gasteiger partial charge is 0.508 e. The molecule has 3 amide bonds. The van der Waals surface area contributed by atoms with Crippen molar-refractivity contribution in [2.24, 2.45) is 0 Å². The quantitative estimate of drug-likeness (QED) is 0.203. The van der Waals surface area contributed by atoms with E-state index in [0.717, 1.165) is 6.42 Å². The number of hydrogen-bond acceptors (Lipinski definition) is 7. The molecule has 236 valence electrons. The number of aromatic hydroxyl groups is 2. The van der Waals surface area contributed by atoms with E-state index in [1.165, 1.54) is 23.1 Å². The molecule has 0 spiro atoms. The van der Waals surface area contributed by atoms with Crippen LogP contribution in [0.2, 0.25) is 0 Å². The van der Waals surface area contributed by atoms with Crippen LogP contribution < -0.4 is 15.4 Å². The molecule has 44 heavy (non-hydrogen) atoms. The zero-order valence-electron chi connectivity index (χ0n) is 26.2. The van der Waals surface area contributed by atoms with Gasteiger partial charge in [-0.3, -0.25) is 9.59 Å². The van der Waals surface area contributed by atoms with Crippen LogP contribution in [-0.2, 0) is 20.7 Å². The van der Waals surface area contributed by atoms with Crippen molar-refractivity contribution >= 4 is 23.6 Å². The molecular weight excluding hydrogens is 562 g/mol. The van der Waals surface area contributed by atoms with Crippen molar-refractivity contribution in [3.63, 3.8) is 0 Å². The summed E-state index contributed by atoms with van der Waals surface area (Å²) in [6.45, 7) is 9.09. The van der Waals surface area contributed by atoms with E-state index < -0.39 is 35.6 Å². The first-order valence-corrected chi connectivity index (χ1v) is 14.6. The van der Waals surface area contributed by atoms with Crippen LogP contribution in [0.3, 0.4) is 0 Å². The number of hydrogen-bond donors (Lipinski definition) is 4. The molecule has 0 saturated heterocycles. The lowest BCUT2D eigenvalue weighted by Crippen LogP contribution is -2.53. The summed E-state index contributed by atoms with van der Waals surface area (Å²) in [4.78, 5) is 43.0. The van der Waals surface area contributed by atoms with Gasteiger partial charge in [0.1, 0.15) is 34.9 Å². The van der Waals surface area contributed by atoms with Crippen molar-refractivity contribution in [2.45, 2.75) is 71.6 Å². The standard InChI is InChI=1S/C34H43N3O7/c1-7-8-19-37(32(41)28(36-33(42)44-34(3,4)5)21-23-9-14-26(38)15-10-23)30(24-11-18-29(39)22(2)20-24)31(40)35-25-12-16-27(43-6)17-13-25/h9-18,20,28,30,38-39H,7-8,19,21H2,1-6H3,(H,35,40)(H,36,42). The first-order chi connectivity index (χ1) is 20.8. The Balaban J connectivity index is 2.07. The summed E-state index contributed by atoms with van der Waals surface area (Å²) < 4.78 is 10.7. The average Bonchev–Trinajstić information content (AvgIpc) is 2.96. The number of unbranched alkanes of at least 4 members (excludes halogenated alkanes) is 1. The second kappa shape index (κ2) is 15.1. The highest BCUT2D eigenvalue weighted by molar-refractivity contribution is 5.99. The third-order valence-corrected chi connectivity index (χ3v) is 6.86. The first kappa shape index (κ1) is 33.8. The number of amides is 3. The van der Waals surface area contributed by atoms with Crippen molar-refractivity contribution in [3.05, 3.63) is 83.4 Å². The minimum absolute atomic E-state index is 0.0614. The van der Waals surface area contributed by atoms with Crippen LogP contribution >= 0.6 is 0 Å². The Kier molecular flexibility index (Phi) is 11.6. The van der Waals surface area contributed by atoms with Gasteiger partial charge in [-0.1, -0.05) is 31.5 Å². The minimum Gasteiger partial charge on any atom is -0.508 e. The van der Waals surface area contributed by atoms with Crippen LogP contribution in [0.4, 0.5) is 10.5 Å². The van der Waals surface area contributed by atoms with Gasteiger partial charge in [-0.15, -0.1) is 0 Å². The second-order valence-electron chi connectivity index (χ2n) is 11.6. The van der Waals surface area contributed by atoms with E-state index in [-0.39, 0.29) is 24.5 Å². The Morgan fingerprint density at radius 1 is 0.955 bits per heavy atom. The van der Waals surface area contributed by atoms with E-state index >= 15 is 0 Å². The van der Waals surface area contributed by atoms with Crippen molar-refractivity contribution in [1.29, 1.82) is 0 Å². The molecule has 0 aliphatic carbocycles. The fourth-order valence-corrected chi connectivity index (χ4v) is 4.62. The van der Waals surface area contributed by atoms with Gasteiger partial charge < -0.3 is 35.2 Å². The van der Waals surface area contributed by atoms with E-state index in [1.54, 1.807) is 83.3 Å². The number of carbonyl (C=O) groups is 3. The third-order valence-electron chi connectivity index (χ3n) is 6.86. The lowest BCUT2D eigenvalue weighted by molar-refractivity contribution is -0.140. The smallest absolute Gasteiger partial charge is 0.408 e. The number of anilines is 1. The molecule has 2 unspecified atom stereocenters. The lowest BCUT2D eigenvalue weighted by atomic mass is 9.98. The number of phenolic OH excluding ortho intramolecular Hbond substituents is 2. The number of ether oxygens (including phenoxy) is 2. The van der Waals surface area contributed by atoms with Crippen molar-refractivity contribution < 1.29 is 34.1 Å². The van der Waals surface area contributed by atoms with Gasteiger partial charge in [0.25, 0.3) is 5.91 Å². The highest BCUT2D eigenvalue weighted by atomic mass is 16.6. The van der Waals surface area contributed by atoms with Crippen LogP contribution in [0.5, 0.6) is 17.2 Å². The number of nitrogens with zero attached hydrogens (tertiary/aromatic N) is 1. The molecule has 0 heterocycles. The molecule has 0 saturated carbocycles. The van der Waals surface area contributed by atoms with E-state index in [9.17, 15) is 24.6 Å². The molecule has 0 aliphatic rings. The zero-order valence-corrected chi connectivity index (χ0v) is 26.2. The monoisotopic (exact) mass is 605 g/mol. The van der Waals surface area contributed by atoms with Crippen LogP contribution in [0, 0.1) is 6.92 Å². The molecule has 4 N–H and O–H groups in total. The number of rotatable bonds is 12. The molecule has 0 radical (unpaired) electrons. The molecule has 10 heteroatoms. The number of carbonyl (C=O) groups excluding carboxylic acids is 3. The molecule has 3 aromatic rings. The summed E-state index contributed by atoms with van der Waals surface area (Å²) in [7, 11) is 1.55. The van der Waals surface area contributed by atoms with Gasteiger partial charge in [-0.05, 0) is 99.3 Å². The number of nitrogens with one attached hydrogen (secondary N) is 2. The molecular formula is C34H43N3O7. The molecule has 0 bridgehead atoms. The second-order valence-corrected chi connectivity index (χ2v) is 11.6. The average molecular weight is 606 g/mol. The van der Waals surface area contributed by atoms with Crippen LogP contribution in [0.15, 0.2) is 66.7 Å². The van der Waals surface area contributed by atoms with Crippen molar-refractivity contribution in [3.8, 4) is 17.2 Å². The van der Waals surface area contributed by atoms with Gasteiger partial charge in [0, 0.05) is 18.7 Å². The van der Waals surface area contributed by atoms with Crippen molar-refractivity contribution in [1.82, 2.24) is 10.2 Å². The summed E-state index contributed by atoms with van der Waals surface area (Å²) in [6, 6.07) is 15.8. The summed E-state index contributed by atoms with van der Waals surface area (Å²) in [5, 5.41) is 25.6. The van der Waals surface area contributed by atoms with Crippen LogP contribution in [0.1, 0.15) is 63.3 Å². The van der Waals surface area contributed by atoms with Gasteiger partial charge >= 0.3 is 6.09 Å². The Bertz CT molecular complexity index is 1420. The summed E-state index contributed by atoms with van der Waals surface area (Å²) >= 11 is 0. The molecule has 10 nitrogen and oxygen atoms in total. The van der Waals surface area contributed by atoms with E-state index in [4.69, 9.17) is 9.47 Å². The molecule has 3 rings (SSSR count). The summed E-state index contributed by atoms with van der Waals surface area (Å²) in [6.07, 6.45) is 0.647. The number of methoxy groups -OCH3 is 1. The first-order valence-electron chi connectivity index (χ1n) is 14.6. The maximum atomic E-state index is 14.5. The molecule has 0 aromatic heterocycles. The predicted molar refractivity (Wildman–Crippen MR) is 169 cm³/mol. The molecule has 0 fully saturated rings. The predicted octanol–water partition coefficient (Wildman–Crippen LogP) is 5.86. The van der Waals surface area contributed by atoms with Crippen LogP contribution in [-0.4, -0.2) is 58.3 Å². The highest BCUT2D eigenvalue weighted by Crippen LogP contribution is 2.29. The molecule has 2 atom stereocenters. The number of phenols is 2. The lowest BCUT2D eigenvalue weighted by Gasteiger charge is -2.35. The third kappa shape index (κ3) is 9.65. The molecule has 3 aromatic carbocycles. The van der Waals surface area contributed by atoms with E-state index in [0.29, 0.717) is 34.5 Å². The maximum absolute atomic E-state index is 14.5.